The predicted molar refractivity (Wildman–Crippen MR) is 104 cm³/mol. The number of amides is 1. The number of anilines is 1. The van der Waals surface area contributed by atoms with Gasteiger partial charge in [-0.15, -0.1) is 11.3 Å². The Kier molecular flexibility index (Phi) is 5.51. The highest BCUT2D eigenvalue weighted by Gasteiger charge is 2.28. The first-order valence-corrected chi connectivity index (χ1v) is 10.3. The van der Waals surface area contributed by atoms with Crippen LogP contribution in [0.25, 0.3) is 0 Å². The highest BCUT2D eigenvalue weighted by atomic mass is 32.2. The van der Waals surface area contributed by atoms with Crippen LogP contribution in [0.3, 0.4) is 0 Å². The van der Waals surface area contributed by atoms with Crippen LogP contribution in [0.2, 0.25) is 0 Å². The topological polar surface area (TPSA) is 75.3 Å². The number of aryl methyl sites for hydroxylation is 1. The van der Waals surface area contributed by atoms with Crippen molar-refractivity contribution in [2.75, 3.05) is 5.32 Å². The molecule has 0 saturated carbocycles. The molecule has 0 radical (unpaired) electrons. The third-order valence-electron chi connectivity index (χ3n) is 3.83. The number of para-hydroxylation sites is 1. The molecule has 0 bridgehead atoms. The molecule has 3 rings (SSSR count). The first-order chi connectivity index (χ1) is 12.5. The minimum absolute atomic E-state index is 0.169. The van der Waals surface area contributed by atoms with Gasteiger partial charge in [0, 0.05) is 5.69 Å². The average Bonchev–Trinajstić information content (AvgIpc) is 3.18. The second-order valence-electron chi connectivity index (χ2n) is 5.70. The van der Waals surface area contributed by atoms with E-state index in [2.05, 4.69) is 10.0 Å². The second kappa shape index (κ2) is 7.82. The third-order valence-corrected chi connectivity index (χ3v) is 6.65. The highest BCUT2D eigenvalue weighted by Crippen LogP contribution is 2.23. The Bertz CT molecular complexity index is 985. The van der Waals surface area contributed by atoms with E-state index in [-0.39, 0.29) is 4.21 Å². The molecule has 1 atom stereocenters. The highest BCUT2D eigenvalue weighted by molar-refractivity contribution is 7.91. The van der Waals surface area contributed by atoms with Crippen LogP contribution in [0.5, 0.6) is 0 Å². The molecule has 134 valence electrons. The smallest absolute Gasteiger partial charge is 0.251 e. The molecule has 5 nitrogen and oxygen atoms in total. The Morgan fingerprint density at radius 1 is 0.962 bits per heavy atom. The van der Waals surface area contributed by atoms with Crippen molar-refractivity contribution in [2.45, 2.75) is 17.2 Å². The van der Waals surface area contributed by atoms with Crippen molar-refractivity contribution in [2.24, 2.45) is 0 Å². The van der Waals surface area contributed by atoms with Crippen LogP contribution in [0, 0.1) is 6.92 Å². The van der Waals surface area contributed by atoms with E-state index in [0.717, 1.165) is 16.9 Å². The number of hydrogen-bond donors (Lipinski definition) is 2. The zero-order valence-corrected chi connectivity index (χ0v) is 15.7. The molecule has 0 aliphatic rings. The van der Waals surface area contributed by atoms with Gasteiger partial charge >= 0.3 is 0 Å². The van der Waals surface area contributed by atoms with E-state index in [0.29, 0.717) is 11.3 Å². The zero-order chi connectivity index (χ0) is 18.6. The second-order valence-corrected chi connectivity index (χ2v) is 8.59. The molecular weight excluding hydrogens is 368 g/mol. The molecule has 0 fully saturated rings. The number of rotatable bonds is 6. The van der Waals surface area contributed by atoms with E-state index in [1.807, 2.05) is 31.2 Å². The molecule has 1 unspecified atom stereocenters. The van der Waals surface area contributed by atoms with Gasteiger partial charge in [0.25, 0.3) is 10.0 Å². The Morgan fingerprint density at radius 2 is 1.65 bits per heavy atom. The lowest BCUT2D eigenvalue weighted by Crippen LogP contribution is -2.36. The number of sulfonamides is 1. The lowest BCUT2D eigenvalue weighted by molar-refractivity contribution is -0.117. The number of carbonyl (C=O) groups is 1. The Labute approximate surface area is 156 Å². The first-order valence-electron chi connectivity index (χ1n) is 7.94. The molecule has 26 heavy (non-hydrogen) atoms. The Balaban J connectivity index is 1.91. The number of nitrogens with one attached hydrogen (secondary N) is 2. The maximum Gasteiger partial charge on any atom is 0.251 e. The maximum absolute atomic E-state index is 12.9. The van der Waals surface area contributed by atoms with E-state index < -0.39 is 22.0 Å². The molecule has 2 aromatic carbocycles. The van der Waals surface area contributed by atoms with E-state index in [1.165, 1.54) is 6.07 Å². The van der Waals surface area contributed by atoms with E-state index >= 15 is 0 Å². The van der Waals surface area contributed by atoms with Gasteiger partial charge in [0.1, 0.15) is 10.3 Å². The first kappa shape index (κ1) is 18.3. The molecule has 7 heteroatoms. The molecule has 3 aromatic rings. The van der Waals surface area contributed by atoms with Gasteiger partial charge in [-0.25, -0.2) is 8.42 Å². The molecule has 0 spiro atoms. The fourth-order valence-electron chi connectivity index (χ4n) is 2.47. The normalized spacial score (nSPS) is 12.5. The third kappa shape index (κ3) is 4.19. The quantitative estimate of drug-likeness (QED) is 0.678. The molecule has 0 saturated heterocycles. The largest absolute Gasteiger partial charge is 0.324 e. The van der Waals surface area contributed by atoms with Gasteiger partial charge in [0.05, 0.1) is 0 Å². The number of benzene rings is 2. The maximum atomic E-state index is 12.9. The summed E-state index contributed by atoms with van der Waals surface area (Å²) in [6.45, 7) is 1.88. The average molecular weight is 386 g/mol. The van der Waals surface area contributed by atoms with Crippen molar-refractivity contribution in [3.8, 4) is 0 Å². The minimum atomic E-state index is -3.80. The molecule has 1 aromatic heterocycles. The van der Waals surface area contributed by atoms with Gasteiger partial charge in [-0.1, -0.05) is 54.6 Å². The standard InChI is InChI=1S/C19H18N2O3S2/c1-14-8-5-6-11-16(14)20-19(22)18(15-9-3-2-4-10-15)21-26(23,24)17-12-7-13-25-17/h2-13,18,21H,1H3,(H,20,22). The van der Waals surface area contributed by atoms with Crippen LogP contribution in [0.1, 0.15) is 17.2 Å². The summed E-state index contributed by atoms with van der Waals surface area (Å²) in [6, 6.07) is 18.3. The minimum Gasteiger partial charge on any atom is -0.324 e. The molecule has 1 heterocycles. The number of hydrogen-bond acceptors (Lipinski definition) is 4. The van der Waals surface area contributed by atoms with Crippen LogP contribution >= 0.6 is 11.3 Å². The van der Waals surface area contributed by atoms with E-state index in [1.54, 1.807) is 41.8 Å². The van der Waals surface area contributed by atoms with Crippen molar-refractivity contribution < 1.29 is 13.2 Å². The summed E-state index contributed by atoms with van der Waals surface area (Å²) in [6.07, 6.45) is 0. The van der Waals surface area contributed by atoms with Crippen LogP contribution in [-0.2, 0) is 14.8 Å². The van der Waals surface area contributed by atoms with Gasteiger partial charge in [0.15, 0.2) is 0 Å². The summed E-state index contributed by atoms with van der Waals surface area (Å²) in [5.74, 6) is -0.439. The lowest BCUT2D eigenvalue weighted by Gasteiger charge is -2.19. The van der Waals surface area contributed by atoms with Gasteiger partial charge in [-0.3, -0.25) is 4.79 Å². The SMILES string of the molecule is Cc1ccccc1NC(=O)C(NS(=O)(=O)c1cccs1)c1ccccc1. The lowest BCUT2D eigenvalue weighted by atomic mass is 10.1. The number of carbonyl (C=O) groups excluding carboxylic acids is 1. The van der Waals surface area contributed by atoms with Gasteiger partial charge in [-0.2, -0.15) is 4.72 Å². The monoisotopic (exact) mass is 386 g/mol. The van der Waals surface area contributed by atoms with Crippen LogP contribution in [0.15, 0.2) is 76.3 Å². The van der Waals surface area contributed by atoms with Gasteiger partial charge < -0.3 is 5.32 Å². The summed E-state index contributed by atoms with van der Waals surface area (Å²) in [5.41, 5.74) is 2.11. The fraction of sp³-hybridized carbons (Fsp3) is 0.105. The summed E-state index contributed by atoms with van der Waals surface area (Å²) in [5, 5.41) is 4.49. The van der Waals surface area contributed by atoms with Crippen molar-refractivity contribution >= 4 is 33.0 Å². The van der Waals surface area contributed by atoms with Crippen molar-refractivity contribution in [1.29, 1.82) is 0 Å². The van der Waals surface area contributed by atoms with Gasteiger partial charge in [0.2, 0.25) is 5.91 Å². The van der Waals surface area contributed by atoms with Crippen LogP contribution in [-0.4, -0.2) is 14.3 Å². The summed E-state index contributed by atoms with van der Waals surface area (Å²) >= 11 is 1.10. The predicted octanol–water partition coefficient (Wildman–Crippen LogP) is 3.71. The van der Waals surface area contributed by atoms with Crippen molar-refractivity contribution in [1.82, 2.24) is 4.72 Å². The Morgan fingerprint density at radius 3 is 2.31 bits per heavy atom. The van der Waals surface area contributed by atoms with E-state index in [4.69, 9.17) is 0 Å². The molecular formula is C19H18N2O3S2. The fourth-order valence-corrected chi connectivity index (χ4v) is 4.66. The van der Waals surface area contributed by atoms with E-state index in [9.17, 15) is 13.2 Å². The molecule has 0 aliphatic carbocycles. The van der Waals surface area contributed by atoms with Crippen LogP contribution < -0.4 is 10.0 Å². The molecule has 2 N–H and O–H groups in total. The molecule has 1 amide bonds. The van der Waals surface area contributed by atoms with Crippen molar-refractivity contribution in [3.63, 3.8) is 0 Å². The number of thiophene rings is 1. The molecule has 0 aliphatic heterocycles. The van der Waals surface area contributed by atoms with Crippen LogP contribution in [0.4, 0.5) is 5.69 Å². The van der Waals surface area contributed by atoms with Crippen molar-refractivity contribution in [3.05, 3.63) is 83.2 Å². The summed E-state index contributed by atoms with van der Waals surface area (Å²) < 4.78 is 27.9. The summed E-state index contributed by atoms with van der Waals surface area (Å²) in [7, 11) is -3.80. The van der Waals surface area contributed by atoms with Gasteiger partial charge in [-0.05, 0) is 35.6 Å². The summed E-state index contributed by atoms with van der Waals surface area (Å²) in [4.78, 5) is 12.9. The zero-order valence-electron chi connectivity index (χ0n) is 14.0. The Hall–Kier alpha value is -2.48.